The predicted molar refractivity (Wildman–Crippen MR) is 145 cm³/mol. The molecule has 9 heteroatoms. The fourth-order valence-electron chi connectivity index (χ4n) is 3.99. The molecule has 0 radical (unpaired) electrons. The minimum absolute atomic E-state index is 0.0561. The van der Waals surface area contributed by atoms with Gasteiger partial charge in [-0.05, 0) is 37.1 Å². The number of nitrogens with zero attached hydrogens (tertiary/aromatic N) is 2. The molecule has 0 saturated heterocycles. The Morgan fingerprint density at radius 1 is 0.947 bits per heavy atom. The van der Waals surface area contributed by atoms with Crippen LogP contribution in [0.25, 0.3) is 0 Å². The number of hydrogen-bond donors (Lipinski definition) is 1. The molecule has 3 rings (SSSR count). The maximum Gasteiger partial charge on any atom is 0.243 e. The van der Waals surface area contributed by atoms with E-state index >= 15 is 0 Å². The summed E-state index contributed by atoms with van der Waals surface area (Å²) >= 11 is 0. The van der Waals surface area contributed by atoms with Crippen molar-refractivity contribution in [2.24, 2.45) is 0 Å². The van der Waals surface area contributed by atoms with E-state index in [0.717, 1.165) is 15.4 Å². The number of nitrogens with one attached hydrogen (secondary N) is 1. The predicted octanol–water partition coefficient (Wildman–Crippen LogP) is 3.92. The van der Waals surface area contributed by atoms with Crippen LogP contribution in [0.1, 0.15) is 30.0 Å². The van der Waals surface area contributed by atoms with E-state index in [2.05, 4.69) is 5.32 Å². The molecule has 0 heterocycles. The van der Waals surface area contributed by atoms with Crippen LogP contribution in [-0.2, 0) is 32.6 Å². The van der Waals surface area contributed by atoms with Crippen LogP contribution in [0.5, 0.6) is 0 Å². The van der Waals surface area contributed by atoms with E-state index in [-0.39, 0.29) is 29.3 Å². The van der Waals surface area contributed by atoms with Gasteiger partial charge in [-0.15, -0.1) is 0 Å². The number of carbonyl (C=O) groups is 2. The second-order valence-corrected chi connectivity index (χ2v) is 11.2. The van der Waals surface area contributed by atoms with Crippen LogP contribution in [0, 0.1) is 12.7 Å². The summed E-state index contributed by atoms with van der Waals surface area (Å²) in [5, 5.41) is 2.84. The Labute approximate surface area is 224 Å². The average Bonchev–Trinajstić information content (AvgIpc) is 2.91. The number of hydrogen-bond acceptors (Lipinski definition) is 4. The van der Waals surface area contributed by atoms with Crippen LogP contribution >= 0.6 is 0 Å². The molecule has 7 nitrogen and oxygen atoms in total. The molecule has 0 aliphatic carbocycles. The van der Waals surface area contributed by atoms with Gasteiger partial charge in [0, 0.05) is 32.1 Å². The minimum Gasteiger partial charge on any atom is -0.354 e. The highest BCUT2D eigenvalue weighted by Crippen LogP contribution is 2.19. The molecular formula is C29H34FN3O4S. The largest absolute Gasteiger partial charge is 0.354 e. The van der Waals surface area contributed by atoms with Crippen LogP contribution in [0.4, 0.5) is 4.39 Å². The summed E-state index contributed by atoms with van der Waals surface area (Å²) in [6, 6.07) is 20.6. The molecule has 1 N–H and O–H groups in total. The average molecular weight is 540 g/mol. The highest BCUT2D eigenvalue weighted by molar-refractivity contribution is 7.89. The summed E-state index contributed by atoms with van der Waals surface area (Å²) < 4.78 is 42.0. The lowest BCUT2D eigenvalue weighted by Crippen LogP contribution is -2.53. The topological polar surface area (TPSA) is 86.8 Å². The summed E-state index contributed by atoms with van der Waals surface area (Å²) in [4.78, 5) is 28.4. The quantitative estimate of drug-likeness (QED) is 0.378. The normalized spacial score (nSPS) is 12.2. The second-order valence-electron chi connectivity index (χ2n) is 9.18. The maximum absolute atomic E-state index is 14.7. The minimum atomic E-state index is -3.97. The van der Waals surface area contributed by atoms with Gasteiger partial charge in [0.1, 0.15) is 11.9 Å². The number of rotatable bonds is 12. The van der Waals surface area contributed by atoms with Gasteiger partial charge in [0.15, 0.2) is 0 Å². The molecule has 38 heavy (non-hydrogen) atoms. The number of amides is 2. The molecule has 0 spiro atoms. The van der Waals surface area contributed by atoms with Crippen molar-refractivity contribution >= 4 is 21.8 Å². The van der Waals surface area contributed by atoms with Crippen LogP contribution in [-0.4, -0.2) is 55.6 Å². The van der Waals surface area contributed by atoms with Crippen LogP contribution in [0.15, 0.2) is 83.8 Å². The van der Waals surface area contributed by atoms with Gasteiger partial charge in [-0.25, -0.2) is 12.8 Å². The Balaban J connectivity index is 1.97. The van der Waals surface area contributed by atoms with Crippen molar-refractivity contribution < 1.29 is 22.4 Å². The molecule has 1 atom stereocenters. The summed E-state index contributed by atoms with van der Waals surface area (Å²) in [5.74, 6) is -1.51. The van der Waals surface area contributed by atoms with E-state index in [4.69, 9.17) is 0 Å². The lowest BCUT2D eigenvalue weighted by atomic mass is 10.0. The molecule has 2 amide bonds. The van der Waals surface area contributed by atoms with Gasteiger partial charge in [0.2, 0.25) is 21.8 Å². The molecular weight excluding hydrogens is 505 g/mol. The number of sulfonamides is 1. The molecule has 0 bridgehead atoms. The van der Waals surface area contributed by atoms with E-state index in [1.807, 2.05) is 44.2 Å². The van der Waals surface area contributed by atoms with Gasteiger partial charge in [-0.1, -0.05) is 73.2 Å². The fourth-order valence-corrected chi connectivity index (χ4v) is 5.11. The molecule has 0 aromatic heterocycles. The highest BCUT2D eigenvalue weighted by Gasteiger charge is 2.33. The molecule has 0 unspecified atom stereocenters. The number of halogens is 1. The van der Waals surface area contributed by atoms with Crippen LogP contribution in [0.2, 0.25) is 0 Å². The molecule has 0 aliphatic rings. The van der Waals surface area contributed by atoms with Crippen molar-refractivity contribution in [2.75, 3.05) is 20.1 Å². The Bertz CT molecular complexity index is 1330. The first-order chi connectivity index (χ1) is 18.1. The zero-order valence-electron chi connectivity index (χ0n) is 21.9. The highest BCUT2D eigenvalue weighted by atomic mass is 32.2. The van der Waals surface area contributed by atoms with Crippen molar-refractivity contribution in [2.45, 2.75) is 44.2 Å². The van der Waals surface area contributed by atoms with Gasteiger partial charge < -0.3 is 10.2 Å². The smallest absolute Gasteiger partial charge is 0.243 e. The Kier molecular flexibility index (Phi) is 10.2. The summed E-state index contributed by atoms with van der Waals surface area (Å²) in [5.41, 5.74) is 1.95. The third-order valence-electron chi connectivity index (χ3n) is 6.21. The molecule has 0 saturated carbocycles. The standard InChI is InChI=1S/C29H34FN3O4S/c1-4-18-31-29(35)27(19-23-10-6-5-7-11-23)33(20-24-12-8-9-13-26(24)30)28(34)21-32(3)38(36,37)25-16-14-22(2)15-17-25/h5-17,27H,4,18-21H2,1-3H3,(H,31,35)/t27-/m0/s1. The second kappa shape index (κ2) is 13.3. The van der Waals surface area contributed by atoms with Gasteiger partial charge in [-0.2, -0.15) is 4.31 Å². The fraction of sp³-hybridized carbons (Fsp3) is 0.310. The number of benzene rings is 3. The van der Waals surface area contributed by atoms with Crippen molar-refractivity contribution in [1.29, 1.82) is 0 Å². The van der Waals surface area contributed by atoms with Gasteiger partial charge in [0.25, 0.3) is 0 Å². The van der Waals surface area contributed by atoms with Crippen molar-refractivity contribution in [3.8, 4) is 0 Å². The molecule has 0 fully saturated rings. The van der Waals surface area contributed by atoms with Crippen molar-refractivity contribution in [3.05, 3.63) is 101 Å². The van der Waals surface area contributed by atoms with Gasteiger partial charge in [-0.3, -0.25) is 9.59 Å². The Morgan fingerprint density at radius 2 is 1.58 bits per heavy atom. The van der Waals surface area contributed by atoms with Crippen LogP contribution < -0.4 is 5.32 Å². The number of likely N-dealkylation sites (N-methyl/N-ethyl adjacent to an activating group) is 1. The molecule has 3 aromatic carbocycles. The lowest BCUT2D eigenvalue weighted by molar-refractivity contribution is -0.141. The Hall–Kier alpha value is -3.56. The van der Waals surface area contributed by atoms with E-state index in [0.29, 0.717) is 13.0 Å². The zero-order valence-corrected chi connectivity index (χ0v) is 22.7. The Morgan fingerprint density at radius 3 is 2.21 bits per heavy atom. The number of aryl methyl sites for hydroxylation is 1. The summed E-state index contributed by atoms with van der Waals surface area (Å²) in [7, 11) is -2.66. The van der Waals surface area contributed by atoms with E-state index in [9.17, 15) is 22.4 Å². The SMILES string of the molecule is CCCNC(=O)[C@H](Cc1ccccc1)N(Cc1ccccc1F)C(=O)CN(C)S(=O)(=O)c1ccc(C)cc1. The molecule has 3 aromatic rings. The monoisotopic (exact) mass is 539 g/mol. The number of carbonyl (C=O) groups excluding carboxylic acids is 2. The van der Waals surface area contributed by atoms with Crippen LogP contribution in [0.3, 0.4) is 0 Å². The first-order valence-electron chi connectivity index (χ1n) is 12.5. The summed E-state index contributed by atoms with van der Waals surface area (Å²) in [6.07, 6.45) is 0.883. The maximum atomic E-state index is 14.7. The van der Waals surface area contributed by atoms with E-state index in [1.54, 1.807) is 30.3 Å². The first kappa shape index (κ1) is 29.0. The van der Waals surface area contributed by atoms with Crippen molar-refractivity contribution in [1.82, 2.24) is 14.5 Å². The van der Waals surface area contributed by atoms with Gasteiger partial charge in [0.05, 0.1) is 11.4 Å². The first-order valence-corrected chi connectivity index (χ1v) is 13.9. The van der Waals surface area contributed by atoms with E-state index in [1.165, 1.54) is 30.1 Å². The van der Waals surface area contributed by atoms with Crippen molar-refractivity contribution in [3.63, 3.8) is 0 Å². The van der Waals surface area contributed by atoms with E-state index < -0.39 is 34.3 Å². The molecule has 202 valence electrons. The third-order valence-corrected chi connectivity index (χ3v) is 8.02. The lowest BCUT2D eigenvalue weighted by Gasteiger charge is -2.32. The zero-order chi connectivity index (χ0) is 27.7. The molecule has 0 aliphatic heterocycles. The van der Waals surface area contributed by atoms with Gasteiger partial charge >= 0.3 is 0 Å². The third kappa shape index (κ3) is 7.49. The summed E-state index contributed by atoms with van der Waals surface area (Å²) in [6.45, 7) is 3.46.